The SMILES string of the molecule is O=P(O)(O)CP(=O)(O)OC[C@@H]1CC[C@H](c2cnc3c(NC4CCC(O)C4)nc(Cl)nc3c2)O1. The third-order valence-corrected chi connectivity index (χ3v) is 9.21. The molecular formula is C18H25ClN4O8P2. The Balaban J connectivity index is 1.43. The summed E-state index contributed by atoms with van der Waals surface area (Å²) in [5.41, 5.74) is 1.81. The van der Waals surface area contributed by atoms with Crippen LogP contribution in [0.4, 0.5) is 5.82 Å². The highest BCUT2D eigenvalue weighted by Gasteiger charge is 2.34. The van der Waals surface area contributed by atoms with Crippen molar-refractivity contribution < 1.29 is 38.2 Å². The highest BCUT2D eigenvalue weighted by molar-refractivity contribution is 7.70. The van der Waals surface area contributed by atoms with Crippen molar-refractivity contribution in [3.63, 3.8) is 0 Å². The molecular weight excluding hydrogens is 498 g/mol. The summed E-state index contributed by atoms with van der Waals surface area (Å²) >= 11 is 6.11. The van der Waals surface area contributed by atoms with Gasteiger partial charge in [-0.15, -0.1) is 0 Å². The van der Waals surface area contributed by atoms with Gasteiger partial charge in [-0.25, -0.2) is 4.98 Å². The molecule has 0 bridgehead atoms. The Kier molecular flexibility index (Phi) is 7.41. The summed E-state index contributed by atoms with van der Waals surface area (Å²) in [6.07, 6.45) is 3.73. The second kappa shape index (κ2) is 9.81. The minimum atomic E-state index is -4.68. The van der Waals surface area contributed by atoms with Crippen LogP contribution < -0.4 is 5.32 Å². The maximum Gasteiger partial charge on any atom is 0.340 e. The molecule has 0 radical (unpaired) electrons. The predicted octanol–water partition coefficient (Wildman–Crippen LogP) is 2.56. The van der Waals surface area contributed by atoms with E-state index in [0.29, 0.717) is 36.1 Å². The molecule has 2 aliphatic rings. The van der Waals surface area contributed by atoms with E-state index in [2.05, 4.69) is 20.3 Å². The first-order chi connectivity index (χ1) is 15.5. The Hall–Kier alpha value is -1.20. The van der Waals surface area contributed by atoms with Crippen LogP contribution in [0.2, 0.25) is 5.28 Å². The summed E-state index contributed by atoms with van der Waals surface area (Å²) in [5, 5.41) is 13.1. The fourth-order valence-corrected chi connectivity index (χ4v) is 6.88. The number of hydrogen-bond acceptors (Lipinski definition) is 9. The van der Waals surface area contributed by atoms with Crippen LogP contribution in [0, 0.1) is 0 Å². The highest BCUT2D eigenvalue weighted by atomic mass is 35.5. The van der Waals surface area contributed by atoms with E-state index in [0.717, 1.165) is 18.4 Å². The molecule has 2 aromatic heterocycles. The first kappa shape index (κ1) is 24.9. The lowest BCUT2D eigenvalue weighted by Gasteiger charge is -2.18. The number of hydrogen-bond donors (Lipinski definition) is 5. The lowest BCUT2D eigenvalue weighted by molar-refractivity contribution is 0.0149. The van der Waals surface area contributed by atoms with Gasteiger partial charge in [-0.2, -0.15) is 4.98 Å². The predicted molar refractivity (Wildman–Crippen MR) is 119 cm³/mol. The number of anilines is 1. The van der Waals surface area contributed by atoms with Crippen LogP contribution >= 0.6 is 26.8 Å². The summed E-state index contributed by atoms with van der Waals surface area (Å²) in [4.78, 5) is 40.4. The van der Waals surface area contributed by atoms with Gasteiger partial charge in [0.05, 0.1) is 30.4 Å². The van der Waals surface area contributed by atoms with Gasteiger partial charge >= 0.3 is 15.2 Å². The third-order valence-electron chi connectivity index (χ3n) is 5.58. The molecule has 182 valence electrons. The second-order valence-corrected chi connectivity index (χ2v) is 12.7. The quantitative estimate of drug-likeness (QED) is 0.252. The van der Waals surface area contributed by atoms with Gasteiger partial charge in [-0.05, 0) is 49.8 Å². The maximum atomic E-state index is 11.8. The fraction of sp³-hybridized carbons (Fsp3) is 0.611. The molecule has 5 N–H and O–H groups in total. The van der Waals surface area contributed by atoms with E-state index >= 15 is 0 Å². The molecule has 33 heavy (non-hydrogen) atoms. The van der Waals surface area contributed by atoms with Crippen molar-refractivity contribution in [2.75, 3.05) is 17.8 Å². The number of nitrogens with one attached hydrogen (secondary N) is 1. The van der Waals surface area contributed by atoms with Crippen molar-refractivity contribution in [1.82, 2.24) is 15.0 Å². The molecule has 0 aromatic carbocycles. The van der Waals surface area contributed by atoms with Gasteiger partial charge in [0.25, 0.3) is 0 Å². The Bertz CT molecular complexity index is 1120. The number of rotatable bonds is 8. The molecule has 12 nitrogen and oxygen atoms in total. The topological polar surface area (TPSA) is 184 Å². The molecule has 0 amide bonds. The third kappa shape index (κ3) is 6.69. The molecule has 3 unspecified atom stereocenters. The van der Waals surface area contributed by atoms with E-state index in [1.165, 1.54) is 0 Å². The average Bonchev–Trinajstić information content (AvgIpc) is 3.33. The van der Waals surface area contributed by atoms with Crippen molar-refractivity contribution in [2.24, 2.45) is 0 Å². The summed E-state index contributed by atoms with van der Waals surface area (Å²) < 4.78 is 33.5. The normalized spacial score (nSPS) is 27.7. The van der Waals surface area contributed by atoms with Crippen LogP contribution in [0.25, 0.3) is 11.0 Å². The van der Waals surface area contributed by atoms with E-state index in [1.807, 2.05) is 0 Å². The van der Waals surface area contributed by atoms with Gasteiger partial charge in [-0.1, -0.05) is 0 Å². The lowest BCUT2D eigenvalue weighted by Crippen LogP contribution is -2.18. The van der Waals surface area contributed by atoms with Crippen LogP contribution in [0.5, 0.6) is 0 Å². The first-order valence-electron chi connectivity index (χ1n) is 10.4. The van der Waals surface area contributed by atoms with Crippen LogP contribution in [0.3, 0.4) is 0 Å². The number of aliphatic hydroxyl groups is 1. The minimum Gasteiger partial charge on any atom is -0.393 e. The van der Waals surface area contributed by atoms with E-state index in [9.17, 15) is 19.1 Å². The first-order valence-corrected chi connectivity index (χ1v) is 14.4. The molecule has 1 aliphatic carbocycles. The Labute approximate surface area is 194 Å². The maximum absolute atomic E-state index is 11.8. The monoisotopic (exact) mass is 522 g/mol. The zero-order valence-electron chi connectivity index (χ0n) is 17.4. The highest BCUT2D eigenvalue weighted by Crippen LogP contribution is 2.55. The number of nitrogens with zero attached hydrogens (tertiary/aromatic N) is 3. The second-order valence-electron chi connectivity index (χ2n) is 8.35. The number of pyridine rings is 1. The molecule has 2 fully saturated rings. The standard InChI is InChI=1S/C18H25ClN4O8P2/c19-18-22-14-5-10(7-20-16(14)17(23-18)21-11-1-2-12(24)6-11)15-4-3-13(31-15)8-30-33(28,29)9-32(25,26)27/h5,7,11-13,15,24H,1-4,6,8-9H2,(H,28,29)(H,21,22,23)(H2,25,26,27)/t11?,12?,13-,15+/m0/s1. The lowest BCUT2D eigenvalue weighted by atomic mass is 10.1. The minimum absolute atomic E-state index is 0.0601. The van der Waals surface area contributed by atoms with Gasteiger partial charge in [0, 0.05) is 17.8 Å². The molecule has 3 heterocycles. The van der Waals surface area contributed by atoms with Crippen molar-refractivity contribution in [3.05, 3.63) is 23.1 Å². The number of ether oxygens (including phenoxy) is 1. The smallest absolute Gasteiger partial charge is 0.340 e. The molecule has 1 saturated heterocycles. The number of aliphatic hydroxyl groups excluding tert-OH is 1. The van der Waals surface area contributed by atoms with Crippen LogP contribution in [-0.2, 0) is 18.4 Å². The number of aromatic nitrogens is 3. The van der Waals surface area contributed by atoms with Crippen molar-refractivity contribution in [3.8, 4) is 0 Å². The van der Waals surface area contributed by atoms with Crippen LogP contribution in [-0.4, -0.2) is 65.5 Å². The molecule has 1 saturated carbocycles. The van der Waals surface area contributed by atoms with Gasteiger partial charge in [0.15, 0.2) is 11.7 Å². The summed E-state index contributed by atoms with van der Waals surface area (Å²) in [6, 6.07) is 1.87. The van der Waals surface area contributed by atoms with Crippen molar-refractivity contribution in [1.29, 1.82) is 0 Å². The molecule has 15 heteroatoms. The number of fused-ring (bicyclic) bond motifs is 1. The Morgan fingerprint density at radius 3 is 2.67 bits per heavy atom. The largest absolute Gasteiger partial charge is 0.393 e. The Morgan fingerprint density at radius 2 is 1.97 bits per heavy atom. The zero-order valence-corrected chi connectivity index (χ0v) is 20.0. The van der Waals surface area contributed by atoms with E-state index in [1.54, 1.807) is 12.3 Å². The van der Waals surface area contributed by atoms with E-state index in [-0.39, 0.29) is 30.1 Å². The van der Waals surface area contributed by atoms with Crippen LogP contribution in [0.1, 0.15) is 43.8 Å². The molecule has 4 rings (SSSR count). The van der Waals surface area contributed by atoms with Gasteiger partial charge in [0.2, 0.25) is 5.28 Å². The van der Waals surface area contributed by atoms with Gasteiger partial charge < -0.3 is 34.4 Å². The molecule has 1 aliphatic heterocycles. The summed E-state index contributed by atoms with van der Waals surface area (Å²) in [6.45, 7) is -0.263. The summed E-state index contributed by atoms with van der Waals surface area (Å²) in [5.74, 6) is -0.737. The van der Waals surface area contributed by atoms with Gasteiger partial charge in [-0.3, -0.25) is 14.1 Å². The number of halogens is 1. The van der Waals surface area contributed by atoms with E-state index < -0.39 is 27.2 Å². The van der Waals surface area contributed by atoms with Crippen molar-refractivity contribution >= 4 is 43.6 Å². The molecule has 5 atom stereocenters. The fourth-order valence-electron chi connectivity index (χ4n) is 4.11. The average molecular weight is 523 g/mol. The van der Waals surface area contributed by atoms with E-state index in [4.69, 9.17) is 30.6 Å². The Morgan fingerprint density at radius 1 is 1.18 bits per heavy atom. The van der Waals surface area contributed by atoms with Gasteiger partial charge in [0.1, 0.15) is 5.52 Å². The zero-order chi connectivity index (χ0) is 23.8. The molecule has 0 spiro atoms. The van der Waals surface area contributed by atoms with Crippen molar-refractivity contribution in [2.45, 2.75) is 56.5 Å². The summed E-state index contributed by atoms with van der Waals surface area (Å²) in [7, 11) is -9.11. The van der Waals surface area contributed by atoms with Crippen LogP contribution in [0.15, 0.2) is 12.3 Å². The molecule has 2 aromatic rings.